The van der Waals surface area contributed by atoms with E-state index in [1.54, 1.807) is 6.07 Å². The molecule has 1 aromatic heterocycles. The molecule has 1 saturated heterocycles. The zero-order valence-corrected chi connectivity index (χ0v) is 17.2. The van der Waals surface area contributed by atoms with E-state index in [4.69, 9.17) is 4.74 Å². The number of nitrogens with one attached hydrogen (secondary N) is 1. The zero-order valence-electron chi connectivity index (χ0n) is 15.6. The Morgan fingerprint density at radius 2 is 2.04 bits per heavy atom. The van der Waals surface area contributed by atoms with Crippen molar-refractivity contribution in [1.82, 2.24) is 15.4 Å². The van der Waals surface area contributed by atoms with Crippen molar-refractivity contribution in [2.45, 2.75) is 19.8 Å². The van der Waals surface area contributed by atoms with Crippen LogP contribution in [-0.2, 0) is 4.79 Å². The van der Waals surface area contributed by atoms with Crippen molar-refractivity contribution in [2.75, 3.05) is 24.6 Å². The first-order valence-electron chi connectivity index (χ1n) is 9.08. The van der Waals surface area contributed by atoms with Crippen LogP contribution in [0, 0.1) is 6.92 Å². The second-order valence-corrected chi connectivity index (χ2v) is 7.28. The van der Waals surface area contributed by atoms with Gasteiger partial charge in [0.1, 0.15) is 0 Å². The Morgan fingerprint density at radius 3 is 2.79 bits per heavy atom. The van der Waals surface area contributed by atoms with Gasteiger partial charge in [0, 0.05) is 29.3 Å². The molecule has 1 N–H and O–H groups in total. The minimum atomic E-state index is -0.366. The van der Waals surface area contributed by atoms with E-state index >= 15 is 0 Å². The lowest BCUT2D eigenvalue weighted by atomic mass is 10.2. The second kappa shape index (κ2) is 9.98. The molecule has 1 aliphatic heterocycles. The Labute approximate surface area is 172 Å². The molecular formula is C20H22BrN5O2. The molecule has 3 rings (SSSR count). The monoisotopic (exact) mass is 443 g/mol. The highest BCUT2D eigenvalue weighted by Gasteiger charge is 2.16. The van der Waals surface area contributed by atoms with Crippen LogP contribution in [0.2, 0.25) is 0 Å². The van der Waals surface area contributed by atoms with Crippen LogP contribution in [0.1, 0.15) is 24.1 Å². The molecule has 146 valence electrons. The van der Waals surface area contributed by atoms with Crippen LogP contribution in [0.4, 0.5) is 5.95 Å². The number of rotatable bonds is 7. The summed E-state index contributed by atoms with van der Waals surface area (Å²) in [4.78, 5) is 22.9. The van der Waals surface area contributed by atoms with Crippen molar-refractivity contribution in [3.63, 3.8) is 0 Å². The van der Waals surface area contributed by atoms with Gasteiger partial charge in [0.15, 0.2) is 6.61 Å². The SMILES string of the molecule is Cc1cc(OCC(=O)NN=CC(Br)=Cc2ccccc2)nc(N2CCCC2)n1. The van der Waals surface area contributed by atoms with Crippen molar-refractivity contribution in [2.24, 2.45) is 5.10 Å². The second-order valence-electron chi connectivity index (χ2n) is 6.36. The third kappa shape index (κ3) is 6.16. The maximum atomic E-state index is 11.9. The van der Waals surface area contributed by atoms with Gasteiger partial charge in [-0.15, -0.1) is 0 Å². The minimum absolute atomic E-state index is 0.173. The predicted octanol–water partition coefficient (Wildman–Crippen LogP) is 3.30. The van der Waals surface area contributed by atoms with Crippen molar-refractivity contribution < 1.29 is 9.53 Å². The normalized spacial score (nSPS) is 14.5. The summed E-state index contributed by atoms with van der Waals surface area (Å²) in [6.45, 7) is 3.61. The molecule has 0 saturated carbocycles. The number of ether oxygens (including phenoxy) is 1. The lowest BCUT2D eigenvalue weighted by Gasteiger charge is -2.16. The molecule has 8 heteroatoms. The van der Waals surface area contributed by atoms with Crippen LogP contribution in [-0.4, -0.2) is 41.8 Å². The maximum Gasteiger partial charge on any atom is 0.278 e. The molecule has 0 aliphatic carbocycles. The fourth-order valence-corrected chi connectivity index (χ4v) is 3.11. The molecule has 0 spiro atoms. The summed E-state index contributed by atoms with van der Waals surface area (Å²) in [6, 6.07) is 11.5. The number of carbonyl (C=O) groups is 1. The van der Waals surface area contributed by atoms with Crippen LogP contribution in [0.5, 0.6) is 5.88 Å². The number of carbonyl (C=O) groups excluding carboxylic acids is 1. The number of halogens is 1. The van der Waals surface area contributed by atoms with Crippen LogP contribution < -0.4 is 15.1 Å². The quantitative estimate of drug-likeness (QED) is 0.524. The summed E-state index contributed by atoms with van der Waals surface area (Å²) in [5, 5.41) is 3.92. The first kappa shape index (κ1) is 20.0. The average molecular weight is 444 g/mol. The van der Waals surface area contributed by atoms with Crippen LogP contribution in [0.3, 0.4) is 0 Å². The van der Waals surface area contributed by atoms with E-state index in [2.05, 4.69) is 41.3 Å². The fraction of sp³-hybridized carbons (Fsp3) is 0.300. The van der Waals surface area contributed by atoms with Crippen LogP contribution in [0.15, 0.2) is 46.0 Å². The highest BCUT2D eigenvalue weighted by molar-refractivity contribution is 9.12. The lowest BCUT2D eigenvalue weighted by molar-refractivity contribution is -0.123. The van der Waals surface area contributed by atoms with Crippen molar-refractivity contribution in [1.29, 1.82) is 0 Å². The van der Waals surface area contributed by atoms with Crippen molar-refractivity contribution in [3.8, 4) is 5.88 Å². The standard InChI is InChI=1S/C20H22BrN5O2/c1-15-11-19(24-20(23-15)26-9-5-6-10-26)28-14-18(27)25-22-13-17(21)12-16-7-3-2-4-8-16/h2-4,7-8,11-13H,5-6,9-10,14H2,1H3,(H,25,27). The Balaban J connectivity index is 1.49. The molecule has 0 atom stereocenters. The van der Waals surface area contributed by atoms with Gasteiger partial charge in [0.05, 0.1) is 6.21 Å². The number of allylic oxidation sites excluding steroid dienone is 1. The highest BCUT2D eigenvalue weighted by atomic mass is 79.9. The first-order valence-corrected chi connectivity index (χ1v) is 9.87. The van der Waals surface area contributed by atoms with Gasteiger partial charge in [0.25, 0.3) is 5.91 Å². The van der Waals surface area contributed by atoms with E-state index < -0.39 is 0 Å². The molecular weight excluding hydrogens is 422 g/mol. The summed E-state index contributed by atoms with van der Waals surface area (Å²) >= 11 is 3.40. The largest absolute Gasteiger partial charge is 0.467 e. The Bertz CT molecular complexity index is 864. The van der Waals surface area contributed by atoms with Crippen molar-refractivity contribution in [3.05, 3.63) is 52.1 Å². The molecule has 1 amide bonds. The third-order valence-corrected chi connectivity index (χ3v) is 4.47. The molecule has 0 radical (unpaired) electrons. The van der Waals surface area contributed by atoms with E-state index in [1.165, 1.54) is 6.21 Å². The van der Waals surface area contributed by atoms with E-state index in [1.807, 2.05) is 43.3 Å². The Kier molecular flexibility index (Phi) is 7.13. The van der Waals surface area contributed by atoms with E-state index in [0.717, 1.165) is 41.7 Å². The van der Waals surface area contributed by atoms with Gasteiger partial charge in [-0.25, -0.2) is 10.4 Å². The molecule has 0 bridgehead atoms. The van der Waals surface area contributed by atoms with Crippen molar-refractivity contribution >= 4 is 40.1 Å². The van der Waals surface area contributed by atoms with Gasteiger partial charge in [-0.3, -0.25) is 4.79 Å². The lowest BCUT2D eigenvalue weighted by Crippen LogP contribution is -2.25. The number of amides is 1. The maximum absolute atomic E-state index is 11.9. The van der Waals surface area contributed by atoms with E-state index in [0.29, 0.717) is 11.8 Å². The summed E-state index contributed by atoms with van der Waals surface area (Å²) in [5.41, 5.74) is 4.27. The van der Waals surface area contributed by atoms with Gasteiger partial charge in [0.2, 0.25) is 11.8 Å². The van der Waals surface area contributed by atoms with Crippen LogP contribution >= 0.6 is 15.9 Å². The molecule has 1 aromatic carbocycles. The van der Waals surface area contributed by atoms with Gasteiger partial charge in [-0.2, -0.15) is 10.1 Å². The van der Waals surface area contributed by atoms with Crippen LogP contribution in [0.25, 0.3) is 6.08 Å². The van der Waals surface area contributed by atoms with Gasteiger partial charge in [-0.05, 0) is 47.3 Å². The molecule has 1 fully saturated rings. The number of hydrazone groups is 1. The van der Waals surface area contributed by atoms with Gasteiger partial charge < -0.3 is 9.64 Å². The number of aromatic nitrogens is 2. The number of benzene rings is 1. The number of hydrogen-bond acceptors (Lipinski definition) is 6. The molecule has 28 heavy (non-hydrogen) atoms. The molecule has 1 aliphatic rings. The molecule has 2 heterocycles. The van der Waals surface area contributed by atoms with E-state index in [9.17, 15) is 4.79 Å². The number of hydrogen-bond donors (Lipinski definition) is 1. The summed E-state index contributed by atoms with van der Waals surface area (Å²) < 4.78 is 6.25. The first-order chi connectivity index (χ1) is 13.6. The molecule has 2 aromatic rings. The van der Waals surface area contributed by atoms with E-state index in [-0.39, 0.29) is 12.5 Å². The summed E-state index contributed by atoms with van der Waals surface area (Å²) in [7, 11) is 0. The minimum Gasteiger partial charge on any atom is -0.467 e. The summed E-state index contributed by atoms with van der Waals surface area (Å²) in [5.74, 6) is 0.676. The highest BCUT2D eigenvalue weighted by Crippen LogP contribution is 2.19. The third-order valence-electron chi connectivity index (χ3n) is 4.04. The fourth-order valence-electron chi connectivity index (χ4n) is 2.74. The molecule has 7 nitrogen and oxygen atoms in total. The Morgan fingerprint density at radius 1 is 1.29 bits per heavy atom. The smallest absolute Gasteiger partial charge is 0.278 e. The molecule has 0 unspecified atom stereocenters. The van der Waals surface area contributed by atoms with Gasteiger partial charge in [-0.1, -0.05) is 30.3 Å². The zero-order chi connectivity index (χ0) is 19.8. The predicted molar refractivity (Wildman–Crippen MR) is 114 cm³/mol. The average Bonchev–Trinajstić information content (AvgIpc) is 3.22. The number of aryl methyl sites for hydroxylation is 1. The Hall–Kier alpha value is -2.74. The number of nitrogens with zero attached hydrogens (tertiary/aromatic N) is 4. The number of anilines is 1. The topological polar surface area (TPSA) is 79.7 Å². The van der Waals surface area contributed by atoms with Gasteiger partial charge >= 0.3 is 0 Å². The summed E-state index contributed by atoms with van der Waals surface area (Å²) in [6.07, 6.45) is 5.70.